The standard InChI is InChI=1S/C19H16F2O3/c1-10-6-16(23-9-13-4-5-14(20)8-15(13)21)18-11(2)12(3)19(22)24-17(18)7-10/h4-8H,9H2,1-3H3. The van der Waals surface area contributed by atoms with E-state index in [0.717, 1.165) is 17.2 Å². The van der Waals surface area contributed by atoms with Gasteiger partial charge in [-0.25, -0.2) is 13.6 Å². The van der Waals surface area contributed by atoms with Crippen molar-refractivity contribution in [1.29, 1.82) is 0 Å². The summed E-state index contributed by atoms with van der Waals surface area (Å²) in [5.74, 6) is -0.796. The fourth-order valence-corrected chi connectivity index (χ4v) is 2.60. The Labute approximate surface area is 137 Å². The van der Waals surface area contributed by atoms with Crippen LogP contribution in [0, 0.1) is 32.4 Å². The Hall–Kier alpha value is -2.69. The van der Waals surface area contributed by atoms with Crippen molar-refractivity contribution in [3.05, 3.63) is 74.6 Å². The first-order valence-corrected chi connectivity index (χ1v) is 7.48. The molecule has 0 aliphatic rings. The van der Waals surface area contributed by atoms with Gasteiger partial charge < -0.3 is 9.15 Å². The number of rotatable bonds is 3. The number of ether oxygens (including phenoxy) is 1. The maximum Gasteiger partial charge on any atom is 0.339 e. The lowest BCUT2D eigenvalue weighted by Crippen LogP contribution is -2.07. The zero-order valence-electron chi connectivity index (χ0n) is 13.6. The fraction of sp³-hybridized carbons (Fsp3) is 0.211. The summed E-state index contributed by atoms with van der Waals surface area (Å²) in [6.07, 6.45) is 0. The van der Waals surface area contributed by atoms with E-state index < -0.39 is 11.6 Å². The SMILES string of the molecule is Cc1cc(OCc2ccc(F)cc2F)c2c(C)c(C)c(=O)oc2c1. The molecule has 0 unspecified atom stereocenters. The van der Waals surface area contributed by atoms with Crippen LogP contribution in [0.25, 0.3) is 11.0 Å². The minimum absolute atomic E-state index is 0.0533. The van der Waals surface area contributed by atoms with Gasteiger partial charge in [-0.2, -0.15) is 0 Å². The second-order valence-corrected chi connectivity index (χ2v) is 5.80. The molecule has 0 spiro atoms. The molecule has 5 heteroatoms. The van der Waals surface area contributed by atoms with E-state index in [2.05, 4.69) is 0 Å². The quantitative estimate of drug-likeness (QED) is 0.660. The molecule has 124 valence electrons. The summed E-state index contributed by atoms with van der Waals surface area (Å²) < 4.78 is 37.8. The highest BCUT2D eigenvalue weighted by Gasteiger charge is 2.14. The van der Waals surface area contributed by atoms with Gasteiger partial charge in [-0.1, -0.05) is 0 Å². The van der Waals surface area contributed by atoms with Crippen molar-refractivity contribution in [2.75, 3.05) is 0 Å². The van der Waals surface area contributed by atoms with E-state index in [9.17, 15) is 13.6 Å². The van der Waals surface area contributed by atoms with E-state index in [-0.39, 0.29) is 17.8 Å². The van der Waals surface area contributed by atoms with Gasteiger partial charge in [-0.3, -0.25) is 0 Å². The van der Waals surface area contributed by atoms with Crippen molar-refractivity contribution in [3.63, 3.8) is 0 Å². The van der Waals surface area contributed by atoms with E-state index in [1.54, 1.807) is 19.1 Å². The van der Waals surface area contributed by atoms with Crippen molar-refractivity contribution in [3.8, 4) is 5.75 Å². The highest BCUT2D eigenvalue weighted by Crippen LogP contribution is 2.31. The van der Waals surface area contributed by atoms with Crippen molar-refractivity contribution in [2.45, 2.75) is 27.4 Å². The molecule has 0 saturated carbocycles. The lowest BCUT2D eigenvalue weighted by Gasteiger charge is -2.13. The second kappa shape index (κ2) is 6.07. The Kier molecular flexibility index (Phi) is 4.09. The summed E-state index contributed by atoms with van der Waals surface area (Å²) in [6.45, 7) is 5.29. The molecule has 24 heavy (non-hydrogen) atoms. The number of hydrogen-bond donors (Lipinski definition) is 0. The molecule has 3 rings (SSSR count). The van der Waals surface area contributed by atoms with Crippen molar-refractivity contribution < 1.29 is 17.9 Å². The molecule has 0 radical (unpaired) electrons. The Morgan fingerprint density at radius 3 is 2.50 bits per heavy atom. The van der Waals surface area contributed by atoms with Crippen LogP contribution in [0.4, 0.5) is 8.78 Å². The molecule has 0 aliphatic carbocycles. The number of benzene rings is 2. The topological polar surface area (TPSA) is 39.4 Å². The van der Waals surface area contributed by atoms with E-state index in [1.807, 2.05) is 13.8 Å². The van der Waals surface area contributed by atoms with Crippen LogP contribution >= 0.6 is 0 Å². The molecular weight excluding hydrogens is 314 g/mol. The molecule has 1 aromatic heterocycles. The van der Waals surface area contributed by atoms with Gasteiger partial charge in [0.2, 0.25) is 0 Å². The summed E-state index contributed by atoms with van der Waals surface area (Å²) in [6, 6.07) is 6.91. The van der Waals surface area contributed by atoms with Gasteiger partial charge >= 0.3 is 5.63 Å². The first-order valence-electron chi connectivity index (χ1n) is 7.48. The monoisotopic (exact) mass is 330 g/mol. The van der Waals surface area contributed by atoms with Crippen LogP contribution in [0.1, 0.15) is 22.3 Å². The molecular formula is C19H16F2O3. The summed E-state index contributed by atoms with van der Waals surface area (Å²) in [5.41, 5.74) is 2.40. The van der Waals surface area contributed by atoms with Gasteiger partial charge in [0, 0.05) is 17.2 Å². The number of aryl methyl sites for hydroxylation is 2. The van der Waals surface area contributed by atoms with Crippen LogP contribution in [-0.2, 0) is 6.61 Å². The van der Waals surface area contributed by atoms with Crippen LogP contribution in [0.5, 0.6) is 5.75 Å². The molecule has 3 aromatic rings. The largest absolute Gasteiger partial charge is 0.488 e. The number of hydrogen-bond acceptors (Lipinski definition) is 3. The molecule has 0 bridgehead atoms. The fourth-order valence-electron chi connectivity index (χ4n) is 2.60. The van der Waals surface area contributed by atoms with Crippen LogP contribution in [0.15, 0.2) is 39.5 Å². The molecule has 3 nitrogen and oxygen atoms in total. The molecule has 0 atom stereocenters. The van der Waals surface area contributed by atoms with Gasteiger partial charge in [0.05, 0.1) is 5.39 Å². The Balaban J connectivity index is 2.05. The van der Waals surface area contributed by atoms with Crippen LogP contribution in [-0.4, -0.2) is 0 Å². The third-order valence-corrected chi connectivity index (χ3v) is 4.05. The van der Waals surface area contributed by atoms with E-state index in [0.29, 0.717) is 22.3 Å². The molecule has 0 fully saturated rings. The maximum absolute atomic E-state index is 13.8. The van der Waals surface area contributed by atoms with Gasteiger partial charge in [0.1, 0.15) is 29.6 Å². The first-order chi connectivity index (χ1) is 11.4. The normalized spacial score (nSPS) is 11.0. The van der Waals surface area contributed by atoms with E-state index >= 15 is 0 Å². The molecule has 0 saturated heterocycles. The number of halogens is 2. The molecule has 0 N–H and O–H groups in total. The Morgan fingerprint density at radius 1 is 1.04 bits per heavy atom. The van der Waals surface area contributed by atoms with Crippen LogP contribution in [0.2, 0.25) is 0 Å². The predicted octanol–water partition coefficient (Wildman–Crippen LogP) is 4.58. The molecule has 0 aliphatic heterocycles. The summed E-state index contributed by atoms with van der Waals surface area (Å²) in [4.78, 5) is 11.8. The zero-order chi connectivity index (χ0) is 17.4. The molecule has 0 amide bonds. The van der Waals surface area contributed by atoms with Crippen LogP contribution < -0.4 is 10.4 Å². The average molecular weight is 330 g/mol. The predicted molar refractivity (Wildman–Crippen MR) is 87.4 cm³/mol. The second-order valence-electron chi connectivity index (χ2n) is 5.80. The van der Waals surface area contributed by atoms with Crippen molar-refractivity contribution in [1.82, 2.24) is 0 Å². The summed E-state index contributed by atoms with van der Waals surface area (Å²) >= 11 is 0. The van der Waals surface area contributed by atoms with Gasteiger partial charge in [-0.15, -0.1) is 0 Å². The highest BCUT2D eigenvalue weighted by molar-refractivity contribution is 5.88. The first kappa shape index (κ1) is 16.2. The van der Waals surface area contributed by atoms with E-state index in [4.69, 9.17) is 9.15 Å². The van der Waals surface area contributed by atoms with Gasteiger partial charge in [-0.05, 0) is 56.2 Å². The highest BCUT2D eigenvalue weighted by atomic mass is 19.1. The lowest BCUT2D eigenvalue weighted by atomic mass is 10.0. The summed E-state index contributed by atoms with van der Waals surface area (Å²) in [7, 11) is 0. The minimum atomic E-state index is -0.661. The van der Waals surface area contributed by atoms with Crippen LogP contribution in [0.3, 0.4) is 0 Å². The Morgan fingerprint density at radius 2 is 1.79 bits per heavy atom. The summed E-state index contributed by atoms with van der Waals surface area (Å²) in [5, 5.41) is 0.681. The zero-order valence-corrected chi connectivity index (χ0v) is 13.6. The Bertz CT molecular complexity index is 990. The molecule has 2 aromatic carbocycles. The maximum atomic E-state index is 13.8. The van der Waals surface area contributed by atoms with E-state index in [1.165, 1.54) is 12.1 Å². The molecule has 1 heterocycles. The smallest absolute Gasteiger partial charge is 0.339 e. The van der Waals surface area contributed by atoms with Crippen molar-refractivity contribution >= 4 is 11.0 Å². The minimum Gasteiger partial charge on any atom is -0.488 e. The van der Waals surface area contributed by atoms with Gasteiger partial charge in [0.25, 0.3) is 0 Å². The third kappa shape index (κ3) is 2.89. The van der Waals surface area contributed by atoms with Gasteiger partial charge in [0.15, 0.2) is 0 Å². The van der Waals surface area contributed by atoms with Crippen molar-refractivity contribution in [2.24, 2.45) is 0 Å². The number of fused-ring (bicyclic) bond motifs is 1. The average Bonchev–Trinajstić information content (AvgIpc) is 2.51. The lowest BCUT2D eigenvalue weighted by molar-refractivity contribution is 0.302. The third-order valence-electron chi connectivity index (χ3n) is 4.05.